The van der Waals surface area contributed by atoms with Crippen molar-refractivity contribution >= 4 is 19.7 Å². The van der Waals surface area contributed by atoms with E-state index in [-0.39, 0.29) is 29.0 Å². The van der Waals surface area contributed by atoms with Gasteiger partial charge in [-0.3, -0.25) is 14.2 Å². The second-order valence-corrected chi connectivity index (χ2v) is 13.7. The summed E-state index contributed by atoms with van der Waals surface area (Å²) in [5.41, 5.74) is 4.14. The molecule has 6 heteroatoms. The molecule has 0 bridgehead atoms. The third-order valence-corrected chi connectivity index (χ3v) is 6.43. The first-order chi connectivity index (χ1) is 13.7. The second kappa shape index (κ2) is 7.31. The highest BCUT2D eigenvalue weighted by molar-refractivity contribution is 6.83. The topological polar surface area (TPSA) is 51.1 Å². The highest BCUT2D eigenvalue weighted by Crippen LogP contribution is 2.38. The van der Waals surface area contributed by atoms with E-state index < -0.39 is 13.9 Å². The van der Waals surface area contributed by atoms with E-state index in [1.54, 1.807) is 10.6 Å². The quantitative estimate of drug-likeness (QED) is 0.456. The van der Waals surface area contributed by atoms with Gasteiger partial charge in [-0.15, -0.1) is 5.54 Å². The molecule has 29 heavy (non-hydrogen) atoms. The Labute approximate surface area is 171 Å². The number of hydrogen-bond donors (Lipinski definition) is 1. The molecule has 0 saturated heterocycles. The average molecular weight is 409 g/mol. The summed E-state index contributed by atoms with van der Waals surface area (Å²) in [6.45, 7) is 6.26. The lowest BCUT2D eigenvalue weighted by Gasteiger charge is -2.25. The number of pyridine rings is 1. The van der Waals surface area contributed by atoms with E-state index in [4.69, 9.17) is 0 Å². The molecule has 2 aliphatic rings. The van der Waals surface area contributed by atoms with Crippen LogP contribution in [0.1, 0.15) is 53.2 Å². The van der Waals surface area contributed by atoms with Crippen LogP contribution in [0.5, 0.6) is 0 Å². The summed E-state index contributed by atoms with van der Waals surface area (Å²) < 4.78 is 16.0. The van der Waals surface area contributed by atoms with Gasteiger partial charge in [-0.2, -0.15) is 0 Å². The molecule has 1 fully saturated rings. The van der Waals surface area contributed by atoms with Crippen molar-refractivity contribution in [1.29, 1.82) is 0 Å². The van der Waals surface area contributed by atoms with E-state index in [1.807, 2.05) is 0 Å². The number of ketones is 1. The van der Waals surface area contributed by atoms with Crippen LogP contribution in [0.3, 0.4) is 0 Å². The minimum atomic E-state index is -1.67. The van der Waals surface area contributed by atoms with Gasteiger partial charge in [0, 0.05) is 17.7 Å². The number of anilines is 1. The zero-order valence-electron chi connectivity index (χ0n) is 17.0. The molecule has 1 N–H and O–H groups in total. The van der Waals surface area contributed by atoms with Crippen LogP contribution in [0.15, 0.2) is 35.1 Å². The summed E-state index contributed by atoms with van der Waals surface area (Å²) in [7, 11) is -1.67. The molecular formula is C23H25FN2O2Si. The highest BCUT2D eigenvalue weighted by Gasteiger charge is 2.36. The van der Waals surface area contributed by atoms with E-state index in [0.29, 0.717) is 16.9 Å². The van der Waals surface area contributed by atoms with Gasteiger partial charge in [0.1, 0.15) is 19.7 Å². The first kappa shape index (κ1) is 19.7. The van der Waals surface area contributed by atoms with E-state index in [2.05, 4.69) is 36.4 Å². The summed E-state index contributed by atoms with van der Waals surface area (Å²) in [5.74, 6) is 2.86. The molecule has 2 heterocycles. The van der Waals surface area contributed by atoms with Gasteiger partial charge in [-0.05, 0) is 37.1 Å². The average Bonchev–Trinajstić information content (AvgIpc) is 3.07. The second-order valence-electron chi connectivity index (χ2n) is 8.93. The minimum Gasteiger partial charge on any atom is -0.366 e. The molecule has 2 atom stereocenters. The largest absolute Gasteiger partial charge is 0.366 e. The molecular weight excluding hydrogens is 383 g/mol. The number of carbonyl (C=O) groups excluding carboxylic acids is 1. The Morgan fingerprint density at radius 3 is 2.69 bits per heavy atom. The number of benzene rings is 1. The number of nitrogens with zero attached hydrogens (tertiary/aromatic N) is 1. The first-order valence-electron chi connectivity index (χ1n) is 10.1. The van der Waals surface area contributed by atoms with Crippen LogP contribution < -0.4 is 10.9 Å². The van der Waals surface area contributed by atoms with Crippen LogP contribution in [0.4, 0.5) is 10.2 Å². The van der Waals surface area contributed by atoms with E-state index >= 15 is 0 Å². The summed E-state index contributed by atoms with van der Waals surface area (Å²) in [6, 6.07) is 7.64. The van der Waals surface area contributed by atoms with Gasteiger partial charge in [0.05, 0.1) is 17.2 Å². The fourth-order valence-electron chi connectivity index (χ4n) is 4.15. The van der Waals surface area contributed by atoms with Crippen LogP contribution in [-0.4, -0.2) is 24.5 Å². The number of aromatic nitrogens is 1. The van der Waals surface area contributed by atoms with Crippen LogP contribution in [0.2, 0.25) is 19.6 Å². The molecule has 0 radical (unpaired) electrons. The molecule has 2 aromatic rings. The van der Waals surface area contributed by atoms with Gasteiger partial charge < -0.3 is 5.32 Å². The van der Waals surface area contributed by atoms with Crippen LogP contribution >= 0.6 is 0 Å². The number of hydrogen-bond acceptors (Lipinski definition) is 3. The van der Waals surface area contributed by atoms with Crippen LogP contribution in [-0.2, 0) is 0 Å². The Morgan fingerprint density at radius 2 is 1.93 bits per heavy atom. The van der Waals surface area contributed by atoms with Gasteiger partial charge in [0.25, 0.3) is 5.56 Å². The molecule has 1 saturated carbocycles. The molecule has 0 unspecified atom stereocenters. The lowest BCUT2D eigenvalue weighted by atomic mass is 9.91. The summed E-state index contributed by atoms with van der Waals surface area (Å²) >= 11 is 0. The number of halogens is 1. The van der Waals surface area contributed by atoms with Gasteiger partial charge in [-0.1, -0.05) is 38.4 Å². The molecule has 1 aromatic heterocycles. The number of rotatable bonds is 2. The number of nitrogens with one attached hydrogen (secondary N) is 1. The van der Waals surface area contributed by atoms with Crippen LogP contribution in [0, 0.1) is 17.3 Å². The fraction of sp³-hybridized carbons (Fsp3) is 0.391. The molecule has 150 valence electrons. The third-order valence-electron chi connectivity index (χ3n) is 5.55. The Hall–Kier alpha value is -2.65. The first-order valence-corrected chi connectivity index (χ1v) is 13.6. The molecule has 4 nitrogen and oxygen atoms in total. The van der Waals surface area contributed by atoms with Gasteiger partial charge in [-0.25, -0.2) is 4.39 Å². The summed E-state index contributed by atoms with van der Waals surface area (Å²) in [5, 5.41) is 3.41. The van der Waals surface area contributed by atoms with E-state index in [9.17, 15) is 14.0 Å². The van der Waals surface area contributed by atoms with Crippen molar-refractivity contribution in [1.82, 2.24) is 4.57 Å². The number of carbonyl (C=O) groups is 1. The Balaban J connectivity index is 1.74. The minimum absolute atomic E-state index is 0.0840. The van der Waals surface area contributed by atoms with Crippen molar-refractivity contribution in [2.45, 2.75) is 57.4 Å². The van der Waals surface area contributed by atoms with Gasteiger partial charge >= 0.3 is 0 Å². The molecule has 1 aliphatic carbocycles. The Morgan fingerprint density at radius 1 is 1.17 bits per heavy atom. The van der Waals surface area contributed by atoms with E-state index in [1.165, 1.54) is 24.3 Å². The lowest BCUT2D eigenvalue weighted by molar-refractivity contribution is 0.103. The highest BCUT2D eigenvalue weighted by atomic mass is 28.3. The molecule has 0 spiro atoms. The molecule has 1 aromatic carbocycles. The van der Waals surface area contributed by atoms with Crippen molar-refractivity contribution in [2.75, 3.05) is 5.32 Å². The van der Waals surface area contributed by atoms with Crippen molar-refractivity contribution < 1.29 is 9.18 Å². The normalized spacial score (nSPS) is 20.1. The van der Waals surface area contributed by atoms with Gasteiger partial charge in [0.15, 0.2) is 5.78 Å². The maximum absolute atomic E-state index is 14.2. The molecule has 1 aliphatic heterocycles. The van der Waals surface area contributed by atoms with Crippen molar-refractivity contribution in [3.8, 4) is 11.5 Å². The van der Waals surface area contributed by atoms with Gasteiger partial charge in [0.2, 0.25) is 0 Å². The Kier molecular flexibility index (Phi) is 4.95. The van der Waals surface area contributed by atoms with Crippen molar-refractivity contribution in [3.05, 3.63) is 63.2 Å². The summed E-state index contributed by atoms with van der Waals surface area (Å²) in [4.78, 5) is 25.8. The van der Waals surface area contributed by atoms with Crippen molar-refractivity contribution in [2.24, 2.45) is 0 Å². The molecule has 4 rings (SSSR count). The number of fused-ring (bicyclic) bond motifs is 3. The zero-order valence-corrected chi connectivity index (χ0v) is 18.0. The SMILES string of the molecule is C[Si](C)(C)C#Cc1cc(C(=O)c2ccc(=O)n3c2N[C@@H]2CCCC[C@@H]23)ccc1F. The summed E-state index contributed by atoms with van der Waals surface area (Å²) in [6.07, 6.45) is 4.14. The maximum atomic E-state index is 14.2. The lowest BCUT2D eigenvalue weighted by Crippen LogP contribution is -2.29. The molecule has 0 amide bonds. The fourth-order valence-corrected chi connectivity index (χ4v) is 4.66. The Bertz CT molecular complexity index is 1100. The predicted octanol–water partition coefficient (Wildman–Crippen LogP) is 4.36. The monoisotopic (exact) mass is 408 g/mol. The zero-order chi connectivity index (χ0) is 20.8. The standard InChI is InChI=1S/C23H25FN2O2Si/c1-29(2,3)13-12-15-14-16(8-10-18(15)24)22(28)17-9-11-21(27)26-20-7-5-4-6-19(20)25-23(17)26/h8-11,14,19-20,25H,4-7H2,1-3H3/t19-,20+/m1/s1. The van der Waals surface area contributed by atoms with Crippen molar-refractivity contribution in [3.63, 3.8) is 0 Å². The third kappa shape index (κ3) is 3.79. The van der Waals surface area contributed by atoms with Crippen LogP contribution in [0.25, 0.3) is 0 Å². The smallest absolute Gasteiger partial charge is 0.252 e. The van der Waals surface area contributed by atoms with E-state index in [0.717, 1.165) is 25.7 Å². The predicted molar refractivity (Wildman–Crippen MR) is 116 cm³/mol. The maximum Gasteiger partial charge on any atom is 0.252 e.